The zero-order chi connectivity index (χ0) is 16.7. The SMILES string of the molecule is O=C(O)CN(CC(=O)Nc1ccc(Cl)cc1)Cc1ccccc1. The van der Waals surface area contributed by atoms with E-state index >= 15 is 0 Å². The van der Waals surface area contributed by atoms with E-state index in [9.17, 15) is 9.59 Å². The number of anilines is 1. The van der Waals surface area contributed by atoms with E-state index in [4.69, 9.17) is 16.7 Å². The van der Waals surface area contributed by atoms with E-state index in [1.165, 1.54) is 0 Å². The van der Waals surface area contributed by atoms with Gasteiger partial charge in [-0.2, -0.15) is 0 Å². The maximum Gasteiger partial charge on any atom is 0.317 e. The number of halogens is 1. The minimum Gasteiger partial charge on any atom is -0.480 e. The Bertz CT molecular complexity index is 659. The Labute approximate surface area is 139 Å². The third kappa shape index (κ3) is 6.10. The van der Waals surface area contributed by atoms with Crippen LogP contribution in [0.25, 0.3) is 0 Å². The molecule has 0 fully saturated rings. The van der Waals surface area contributed by atoms with Gasteiger partial charge in [-0.25, -0.2) is 0 Å². The molecule has 1 amide bonds. The van der Waals surface area contributed by atoms with Crippen molar-refractivity contribution in [2.24, 2.45) is 0 Å². The minimum atomic E-state index is -0.972. The second kappa shape index (κ2) is 8.31. The summed E-state index contributed by atoms with van der Waals surface area (Å²) < 4.78 is 0. The van der Waals surface area contributed by atoms with Crippen LogP contribution in [0.1, 0.15) is 5.56 Å². The lowest BCUT2D eigenvalue weighted by Gasteiger charge is -2.19. The third-order valence-corrected chi connectivity index (χ3v) is 3.36. The van der Waals surface area contributed by atoms with E-state index in [2.05, 4.69) is 5.32 Å². The quantitative estimate of drug-likeness (QED) is 0.818. The normalized spacial score (nSPS) is 10.5. The lowest BCUT2D eigenvalue weighted by molar-refractivity contribution is -0.138. The summed E-state index contributed by atoms with van der Waals surface area (Å²) in [5.41, 5.74) is 1.57. The molecule has 23 heavy (non-hydrogen) atoms. The number of nitrogens with one attached hydrogen (secondary N) is 1. The van der Waals surface area contributed by atoms with Crippen molar-refractivity contribution >= 4 is 29.2 Å². The largest absolute Gasteiger partial charge is 0.480 e. The average molecular weight is 333 g/mol. The zero-order valence-corrected chi connectivity index (χ0v) is 13.2. The number of carbonyl (C=O) groups is 2. The van der Waals surface area contributed by atoms with Gasteiger partial charge in [0.15, 0.2) is 0 Å². The summed E-state index contributed by atoms with van der Waals surface area (Å²) >= 11 is 5.79. The number of amides is 1. The number of nitrogens with zero attached hydrogens (tertiary/aromatic N) is 1. The molecule has 0 saturated carbocycles. The van der Waals surface area contributed by atoms with Crippen molar-refractivity contribution in [1.29, 1.82) is 0 Å². The summed E-state index contributed by atoms with van der Waals surface area (Å²) in [4.78, 5) is 24.7. The highest BCUT2D eigenvalue weighted by molar-refractivity contribution is 6.30. The van der Waals surface area contributed by atoms with E-state index in [0.29, 0.717) is 17.3 Å². The van der Waals surface area contributed by atoms with Crippen LogP contribution in [0.5, 0.6) is 0 Å². The van der Waals surface area contributed by atoms with Crippen molar-refractivity contribution in [3.63, 3.8) is 0 Å². The number of carbonyl (C=O) groups excluding carboxylic acids is 1. The average Bonchev–Trinajstić information content (AvgIpc) is 2.50. The molecule has 0 saturated heterocycles. The molecule has 2 rings (SSSR count). The number of hydrogen-bond acceptors (Lipinski definition) is 3. The molecular weight excluding hydrogens is 316 g/mol. The van der Waals surface area contributed by atoms with E-state index in [1.807, 2.05) is 30.3 Å². The molecule has 120 valence electrons. The molecule has 0 radical (unpaired) electrons. The molecule has 5 nitrogen and oxygen atoms in total. The summed E-state index contributed by atoms with van der Waals surface area (Å²) in [7, 11) is 0. The topological polar surface area (TPSA) is 69.6 Å². The number of carboxylic acids is 1. The van der Waals surface area contributed by atoms with Crippen LogP contribution in [0.2, 0.25) is 5.02 Å². The molecule has 0 aliphatic carbocycles. The van der Waals surface area contributed by atoms with Crippen LogP contribution < -0.4 is 5.32 Å². The van der Waals surface area contributed by atoms with Gasteiger partial charge in [0.05, 0.1) is 13.1 Å². The van der Waals surface area contributed by atoms with Gasteiger partial charge in [-0.1, -0.05) is 41.9 Å². The van der Waals surface area contributed by atoms with Gasteiger partial charge in [0.25, 0.3) is 0 Å². The fraction of sp³-hybridized carbons (Fsp3) is 0.176. The summed E-state index contributed by atoms with van der Waals surface area (Å²) in [6.07, 6.45) is 0. The molecule has 0 spiro atoms. The van der Waals surface area contributed by atoms with Crippen LogP contribution in [-0.4, -0.2) is 35.0 Å². The molecule has 0 aromatic heterocycles. The first-order valence-corrected chi connectivity index (χ1v) is 7.44. The Morgan fingerprint density at radius 1 is 1.00 bits per heavy atom. The molecule has 2 aromatic carbocycles. The number of benzene rings is 2. The molecule has 0 heterocycles. The minimum absolute atomic E-state index is 0.0101. The van der Waals surface area contributed by atoms with Gasteiger partial charge in [-0.05, 0) is 29.8 Å². The smallest absolute Gasteiger partial charge is 0.317 e. The highest BCUT2D eigenvalue weighted by Crippen LogP contribution is 2.13. The van der Waals surface area contributed by atoms with Gasteiger partial charge in [0, 0.05) is 17.3 Å². The number of carboxylic acid groups (broad SMARTS) is 1. The lowest BCUT2D eigenvalue weighted by atomic mass is 10.2. The summed E-state index contributed by atoms with van der Waals surface area (Å²) in [5.74, 6) is -1.25. The second-order valence-corrected chi connectivity index (χ2v) is 5.52. The lowest BCUT2D eigenvalue weighted by Crippen LogP contribution is -2.36. The van der Waals surface area contributed by atoms with Gasteiger partial charge in [-0.15, -0.1) is 0 Å². The fourth-order valence-electron chi connectivity index (χ4n) is 2.14. The molecule has 0 aliphatic rings. The van der Waals surface area contributed by atoms with Crippen molar-refractivity contribution in [3.8, 4) is 0 Å². The molecular formula is C17H17ClN2O3. The maximum absolute atomic E-state index is 12.1. The van der Waals surface area contributed by atoms with Crippen LogP contribution in [0.3, 0.4) is 0 Å². The summed E-state index contributed by atoms with van der Waals surface area (Å²) in [6.45, 7) is 0.175. The predicted octanol–water partition coefficient (Wildman–Crippen LogP) is 2.87. The zero-order valence-electron chi connectivity index (χ0n) is 12.4. The molecule has 2 N–H and O–H groups in total. The predicted molar refractivity (Wildman–Crippen MR) is 89.4 cm³/mol. The first kappa shape index (κ1) is 17.0. The Balaban J connectivity index is 1.97. The molecule has 0 unspecified atom stereocenters. The molecule has 0 bridgehead atoms. The summed E-state index contributed by atoms with van der Waals surface area (Å²) in [5, 5.41) is 12.3. The Kier molecular flexibility index (Phi) is 6.14. The van der Waals surface area contributed by atoms with Crippen LogP contribution in [0.15, 0.2) is 54.6 Å². The van der Waals surface area contributed by atoms with Crippen molar-refractivity contribution in [2.45, 2.75) is 6.54 Å². The van der Waals surface area contributed by atoms with Crippen LogP contribution >= 0.6 is 11.6 Å². The van der Waals surface area contributed by atoms with E-state index in [1.54, 1.807) is 29.2 Å². The number of hydrogen-bond donors (Lipinski definition) is 2. The monoisotopic (exact) mass is 332 g/mol. The van der Waals surface area contributed by atoms with Gasteiger partial charge in [0.1, 0.15) is 0 Å². The number of rotatable bonds is 7. The van der Waals surface area contributed by atoms with Crippen molar-refractivity contribution in [1.82, 2.24) is 4.90 Å². The molecule has 2 aromatic rings. The van der Waals surface area contributed by atoms with Gasteiger partial charge in [-0.3, -0.25) is 14.5 Å². The third-order valence-electron chi connectivity index (χ3n) is 3.10. The number of aliphatic carboxylic acids is 1. The van der Waals surface area contributed by atoms with Gasteiger partial charge < -0.3 is 10.4 Å². The van der Waals surface area contributed by atoms with Crippen LogP contribution in [0, 0.1) is 0 Å². The molecule has 0 aliphatic heterocycles. The molecule has 6 heteroatoms. The first-order valence-electron chi connectivity index (χ1n) is 7.06. The van der Waals surface area contributed by atoms with Crippen molar-refractivity contribution in [3.05, 3.63) is 65.2 Å². The molecule has 0 atom stereocenters. The standard InChI is InChI=1S/C17H17ClN2O3/c18-14-6-8-15(9-7-14)19-16(21)11-20(12-17(22)23)10-13-4-2-1-3-5-13/h1-9H,10-12H2,(H,19,21)(H,22,23). The van der Waals surface area contributed by atoms with Gasteiger partial charge in [0.2, 0.25) is 5.91 Å². The maximum atomic E-state index is 12.1. The first-order chi connectivity index (χ1) is 11.0. The van der Waals surface area contributed by atoms with Crippen LogP contribution in [-0.2, 0) is 16.1 Å². The Morgan fingerprint density at radius 2 is 1.65 bits per heavy atom. The Hall–Kier alpha value is -2.37. The highest BCUT2D eigenvalue weighted by Gasteiger charge is 2.14. The van der Waals surface area contributed by atoms with Gasteiger partial charge >= 0.3 is 5.97 Å². The highest BCUT2D eigenvalue weighted by atomic mass is 35.5. The fourth-order valence-corrected chi connectivity index (χ4v) is 2.26. The second-order valence-electron chi connectivity index (χ2n) is 5.08. The van der Waals surface area contributed by atoms with Crippen LogP contribution in [0.4, 0.5) is 5.69 Å². The summed E-state index contributed by atoms with van der Waals surface area (Å²) in [6, 6.07) is 16.2. The van der Waals surface area contributed by atoms with E-state index in [-0.39, 0.29) is 19.0 Å². The van der Waals surface area contributed by atoms with E-state index in [0.717, 1.165) is 5.56 Å². The van der Waals surface area contributed by atoms with Crippen molar-refractivity contribution in [2.75, 3.05) is 18.4 Å². The Morgan fingerprint density at radius 3 is 2.26 bits per heavy atom. The van der Waals surface area contributed by atoms with E-state index < -0.39 is 5.97 Å². The van der Waals surface area contributed by atoms with Crippen molar-refractivity contribution < 1.29 is 14.7 Å².